The molecule has 0 aliphatic rings. The van der Waals surface area contributed by atoms with Crippen LogP contribution in [-0.4, -0.2) is 19.7 Å². The topological polar surface area (TPSA) is 54.5 Å². The molecule has 0 radical (unpaired) electrons. The van der Waals surface area contributed by atoms with E-state index in [1.807, 2.05) is 0 Å². The minimum absolute atomic E-state index is 0.00150. The van der Waals surface area contributed by atoms with Crippen molar-refractivity contribution in [1.82, 2.24) is 0 Å². The van der Waals surface area contributed by atoms with Gasteiger partial charge in [-0.1, -0.05) is 23.2 Å². The first-order valence-corrected chi connectivity index (χ1v) is 9.06. The van der Waals surface area contributed by atoms with Crippen LogP contribution >= 0.6 is 34.8 Å². The zero-order chi connectivity index (χ0) is 17.2. The van der Waals surface area contributed by atoms with Crippen LogP contribution in [0.4, 0.5) is 5.69 Å². The van der Waals surface area contributed by atoms with Crippen LogP contribution in [0.3, 0.4) is 0 Å². The summed E-state index contributed by atoms with van der Waals surface area (Å²) in [5, 5.41) is 0.0587. The van der Waals surface area contributed by atoms with E-state index in [4.69, 9.17) is 34.8 Å². The SMILES string of the molecule is CC(C(=O)Cl)N(c1ccc(Cl)cc1)S(=O)(=O)c1ccc(Cl)cc1. The largest absolute Gasteiger partial charge is 0.279 e. The number of hydrogen-bond donors (Lipinski definition) is 0. The lowest BCUT2D eigenvalue weighted by molar-refractivity contribution is -0.112. The van der Waals surface area contributed by atoms with Crippen molar-refractivity contribution >= 4 is 55.8 Å². The summed E-state index contributed by atoms with van der Waals surface area (Å²) in [5.41, 5.74) is 0.283. The van der Waals surface area contributed by atoms with Crippen LogP contribution in [0.2, 0.25) is 10.0 Å². The Morgan fingerprint density at radius 1 is 0.957 bits per heavy atom. The predicted octanol–water partition coefficient (Wildman–Crippen LogP) is 4.34. The summed E-state index contributed by atoms with van der Waals surface area (Å²) in [5.74, 6) is 0. The number of carbonyl (C=O) groups is 1. The number of sulfonamides is 1. The molecule has 2 aromatic carbocycles. The van der Waals surface area contributed by atoms with Gasteiger partial charge in [0.05, 0.1) is 10.6 Å². The second-order valence-corrected chi connectivity index (χ2v) is 7.77. The fraction of sp³-hybridized carbons (Fsp3) is 0.133. The van der Waals surface area contributed by atoms with Crippen LogP contribution in [0, 0.1) is 0 Å². The van der Waals surface area contributed by atoms with Crippen molar-refractivity contribution in [2.24, 2.45) is 0 Å². The maximum Gasteiger partial charge on any atom is 0.265 e. The van der Waals surface area contributed by atoms with Crippen molar-refractivity contribution in [3.05, 3.63) is 58.6 Å². The highest BCUT2D eigenvalue weighted by molar-refractivity contribution is 7.93. The fourth-order valence-electron chi connectivity index (χ4n) is 1.97. The smallest absolute Gasteiger partial charge is 0.265 e. The van der Waals surface area contributed by atoms with Gasteiger partial charge < -0.3 is 0 Å². The Morgan fingerprint density at radius 2 is 1.39 bits per heavy atom. The number of halogens is 3. The van der Waals surface area contributed by atoms with E-state index in [0.29, 0.717) is 10.0 Å². The third-order valence-corrected chi connectivity index (χ3v) is 5.86. The van der Waals surface area contributed by atoms with Crippen LogP contribution in [0.25, 0.3) is 0 Å². The number of benzene rings is 2. The molecular weight excluding hydrogens is 381 g/mol. The predicted molar refractivity (Wildman–Crippen MR) is 92.9 cm³/mol. The molecule has 0 aliphatic heterocycles. The quantitative estimate of drug-likeness (QED) is 0.711. The molecular formula is C15H12Cl3NO3S. The monoisotopic (exact) mass is 391 g/mol. The lowest BCUT2D eigenvalue weighted by atomic mass is 10.3. The van der Waals surface area contributed by atoms with Crippen molar-refractivity contribution in [2.45, 2.75) is 17.9 Å². The van der Waals surface area contributed by atoms with Gasteiger partial charge in [0.1, 0.15) is 6.04 Å². The number of hydrogen-bond acceptors (Lipinski definition) is 3. The van der Waals surface area contributed by atoms with Gasteiger partial charge in [0.15, 0.2) is 0 Å². The summed E-state index contributed by atoms with van der Waals surface area (Å²) in [6.07, 6.45) is 0. The summed E-state index contributed by atoms with van der Waals surface area (Å²) in [4.78, 5) is 11.6. The Kier molecular flexibility index (Phi) is 5.57. The summed E-state index contributed by atoms with van der Waals surface area (Å²) >= 11 is 17.2. The van der Waals surface area contributed by atoms with Crippen LogP contribution < -0.4 is 4.31 Å². The number of rotatable bonds is 5. The van der Waals surface area contributed by atoms with Crippen LogP contribution in [0.5, 0.6) is 0 Å². The van der Waals surface area contributed by atoms with E-state index in [0.717, 1.165) is 4.31 Å². The van der Waals surface area contributed by atoms with Gasteiger partial charge >= 0.3 is 0 Å². The van der Waals surface area contributed by atoms with E-state index < -0.39 is 21.3 Å². The van der Waals surface area contributed by atoms with E-state index in [1.54, 1.807) is 0 Å². The Morgan fingerprint density at radius 3 is 1.83 bits per heavy atom. The molecule has 1 unspecified atom stereocenters. The van der Waals surface area contributed by atoms with Gasteiger partial charge in [-0.15, -0.1) is 0 Å². The Labute approximate surface area is 149 Å². The van der Waals surface area contributed by atoms with Crippen molar-refractivity contribution in [2.75, 3.05) is 4.31 Å². The lowest BCUT2D eigenvalue weighted by Gasteiger charge is -2.28. The van der Waals surface area contributed by atoms with E-state index >= 15 is 0 Å². The molecule has 2 rings (SSSR count). The standard InChI is InChI=1S/C15H12Cl3NO3S/c1-10(15(18)20)19(13-6-2-11(16)3-7-13)23(21,22)14-8-4-12(17)5-9-14/h2-10H,1H3. The molecule has 0 amide bonds. The normalized spacial score (nSPS) is 12.7. The molecule has 0 saturated carbocycles. The Balaban J connectivity index is 2.58. The molecule has 0 spiro atoms. The first-order chi connectivity index (χ1) is 10.7. The van der Waals surface area contributed by atoms with E-state index in [-0.39, 0.29) is 10.6 Å². The average Bonchev–Trinajstić information content (AvgIpc) is 2.49. The van der Waals surface area contributed by atoms with Crippen LogP contribution in [-0.2, 0) is 14.8 Å². The highest BCUT2D eigenvalue weighted by Crippen LogP contribution is 2.28. The van der Waals surface area contributed by atoms with E-state index in [2.05, 4.69) is 0 Å². The summed E-state index contributed by atoms with van der Waals surface area (Å²) < 4.78 is 26.8. The van der Waals surface area contributed by atoms with Gasteiger partial charge in [0.2, 0.25) is 5.24 Å². The van der Waals surface area contributed by atoms with Crippen molar-refractivity contribution in [1.29, 1.82) is 0 Å². The van der Waals surface area contributed by atoms with Gasteiger partial charge in [-0.3, -0.25) is 9.10 Å². The second-order valence-electron chi connectivity index (χ2n) is 4.71. The van der Waals surface area contributed by atoms with Crippen LogP contribution in [0.1, 0.15) is 6.92 Å². The van der Waals surface area contributed by atoms with Crippen molar-refractivity contribution in [3.8, 4) is 0 Å². The molecule has 23 heavy (non-hydrogen) atoms. The molecule has 122 valence electrons. The second kappa shape index (κ2) is 7.09. The van der Waals surface area contributed by atoms with Crippen molar-refractivity contribution < 1.29 is 13.2 Å². The van der Waals surface area contributed by atoms with Gasteiger partial charge in [-0.05, 0) is 67.1 Å². The molecule has 0 heterocycles. The first kappa shape index (κ1) is 18.1. The molecule has 2 aromatic rings. The zero-order valence-corrected chi connectivity index (χ0v) is 15.0. The third kappa shape index (κ3) is 3.98. The van der Waals surface area contributed by atoms with Gasteiger partial charge in [-0.2, -0.15) is 0 Å². The van der Waals surface area contributed by atoms with Gasteiger partial charge in [-0.25, -0.2) is 8.42 Å². The number of carbonyl (C=O) groups excluding carboxylic acids is 1. The number of nitrogens with zero attached hydrogens (tertiary/aromatic N) is 1. The van der Waals surface area contributed by atoms with Gasteiger partial charge in [0, 0.05) is 10.0 Å². The lowest BCUT2D eigenvalue weighted by Crippen LogP contribution is -2.42. The maximum absolute atomic E-state index is 12.9. The summed E-state index contributed by atoms with van der Waals surface area (Å²) in [7, 11) is -4.00. The minimum atomic E-state index is -4.00. The molecule has 0 bridgehead atoms. The highest BCUT2D eigenvalue weighted by Gasteiger charge is 2.32. The fourth-order valence-corrected chi connectivity index (χ4v) is 4.00. The molecule has 0 fully saturated rings. The minimum Gasteiger partial charge on any atom is -0.279 e. The Bertz CT molecular complexity index is 805. The summed E-state index contributed by atoms with van der Waals surface area (Å²) in [6.45, 7) is 1.41. The molecule has 0 aromatic heterocycles. The van der Waals surface area contributed by atoms with E-state index in [1.165, 1.54) is 55.5 Å². The first-order valence-electron chi connectivity index (χ1n) is 6.48. The molecule has 4 nitrogen and oxygen atoms in total. The maximum atomic E-state index is 12.9. The average molecular weight is 393 g/mol. The van der Waals surface area contributed by atoms with E-state index in [9.17, 15) is 13.2 Å². The molecule has 0 saturated heterocycles. The summed E-state index contributed by atoms with van der Waals surface area (Å²) in [6, 6.07) is 10.7. The molecule has 8 heteroatoms. The highest BCUT2D eigenvalue weighted by atomic mass is 35.5. The molecule has 0 aliphatic carbocycles. The van der Waals surface area contributed by atoms with Crippen molar-refractivity contribution in [3.63, 3.8) is 0 Å². The Hall–Kier alpha value is -1.27. The third-order valence-electron chi connectivity index (χ3n) is 3.13. The zero-order valence-electron chi connectivity index (χ0n) is 11.9. The molecule has 0 N–H and O–H groups in total. The molecule has 1 atom stereocenters. The van der Waals surface area contributed by atoms with Gasteiger partial charge in [0.25, 0.3) is 10.0 Å². The van der Waals surface area contributed by atoms with Crippen LogP contribution in [0.15, 0.2) is 53.4 Å². The number of anilines is 1.